The van der Waals surface area contributed by atoms with Crippen molar-refractivity contribution in [3.8, 4) is 17.0 Å². The molecule has 154 valence electrons. The molecule has 0 aliphatic carbocycles. The number of aryl methyl sites for hydroxylation is 1. The summed E-state index contributed by atoms with van der Waals surface area (Å²) in [6.45, 7) is 1.92. The van der Waals surface area contributed by atoms with Gasteiger partial charge in [0, 0.05) is 25.2 Å². The van der Waals surface area contributed by atoms with Crippen molar-refractivity contribution in [2.45, 2.75) is 25.1 Å². The van der Waals surface area contributed by atoms with Crippen LogP contribution in [-0.4, -0.2) is 55.9 Å². The highest BCUT2D eigenvalue weighted by Crippen LogP contribution is 2.38. The van der Waals surface area contributed by atoms with Crippen LogP contribution in [0.5, 0.6) is 5.75 Å². The van der Waals surface area contributed by atoms with Crippen molar-refractivity contribution in [3.63, 3.8) is 0 Å². The molecule has 7 nitrogen and oxygen atoms in total. The number of halogens is 3. The van der Waals surface area contributed by atoms with Gasteiger partial charge in [-0.05, 0) is 44.6 Å². The lowest BCUT2D eigenvalue weighted by molar-refractivity contribution is -0.137. The summed E-state index contributed by atoms with van der Waals surface area (Å²) in [5, 5.41) is 22.1. The number of piperidine rings is 1. The fraction of sp³-hybridized carbons (Fsp3) is 0.421. The van der Waals surface area contributed by atoms with Crippen LogP contribution in [0.25, 0.3) is 22.3 Å². The van der Waals surface area contributed by atoms with Crippen molar-refractivity contribution in [3.05, 3.63) is 30.1 Å². The number of phenolic OH excluding ortho intramolecular Hbond substituents is 1. The van der Waals surface area contributed by atoms with Gasteiger partial charge in [-0.25, -0.2) is 4.98 Å². The first-order chi connectivity index (χ1) is 13.7. The molecule has 1 aliphatic rings. The van der Waals surface area contributed by atoms with Crippen molar-refractivity contribution in [1.82, 2.24) is 24.6 Å². The van der Waals surface area contributed by atoms with Gasteiger partial charge in [0.1, 0.15) is 22.5 Å². The lowest BCUT2D eigenvalue weighted by Gasteiger charge is -2.30. The van der Waals surface area contributed by atoms with Gasteiger partial charge in [-0.1, -0.05) is 0 Å². The summed E-state index contributed by atoms with van der Waals surface area (Å²) in [6.07, 6.45) is -0.867. The molecule has 0 amide bonds. The number of benzene rings is 1. The summed E-state index contributed by atoms with van der Waals surface area (Å²) < 4.78 is 40.4. The van der Waals surface area contributed by atoms with Crippen LogP contribution in [0, 0.1) is 0 Å². The lowest BCUT2D eigenvalue weighted by Crippen LogP contribution is -2.40. The van der Waals surface area contributed by atoms with Gasteiger partial charge in [0.05, 0.1) is 11.9 Å². The highest BCUT2D eigenvalue weighted by molar-refractivity contribution is 5.96. The number of nitrogens with one attached hydrogen (secondary N) is 1. The molecule has 1 atom stereocenters. The second kappa shape index (κ2) is 7.18. The molecule has 29 heavy (non-hydrogen) atoms. The van der Waals surface area contributed by atoms with Gasteiger partial charge in [-0.2, -0.15) is 13.2 Å². The molecular formula is C19H21F3N6O. The van der Waals surface area contributed by atoms with Crippen molar-refractivity contribution in [2.24, 2.45) is 7.05 Å². The smallest absolute Gasteiger partial charge is 0.416 e. The van der Waals surface area contributed by atoms with E-state index in [1.54, 1.807) is 17.9 Å². The van der Waals surface area contributed by atoms with Gasteiger partial charge >= 0.3 is 6.18 Å². The quantitative estimate of drug-likeness (QED) is 0.695. The number of alkyl halides is 3. The Labute approximate surface area is 165 Å². The van der Waals surface area contributed by atoms with Gasteiger partial charge in [0.25, 0.3) is 0 Å². The highest BCUT2D eigenvalue weighted by atomic mass is 19.4. The monoisotopic (exact) mass is 406 g/mol. The molecule has 0 spiro atoms. The first kappa shape index (κ1) is 19.4. The third-order valence-electron chi connectivity index (χ3n) is 5.18. The van der Waals surface area contributed by atoms with E-state index in [4.69, 9.17) is 0 Å². The fourth-order valence-corrected chi connectivity index (χ4v) is 3.74. The van der Waals surface area contributed by atoms with E-state index in [1.165, 1.54) is 6.07 Å². The fourth-order valence-electron chi connectivity index (χ4n) is 3.74. The van der Waals surface area contributed by atoms with Crippen LogP contribution in [-0.2, 0) is 13.2 Å². The van der Waals surface area contributed by atoms with E-state index >= 15 is 0 Å². The largest absolute Gasteiger partial charge is 0.507 e. The molecule has 10 heteroatoms. The van der Waals surface area contributed by atoms with E-state index in [0.29, 0.717) is 22.9 Å². The summed E-state index contributed by atoms with van der Waals surface area (Å²) in [5.41, 5.74) is 0.667. The van der Waals surface area contributed by atoms with Crippen LogP contribution in [0.3, 0.4) is 0 Å². The zero-order chi connectivity index (χ0) is 20.8. The Hall–Kier alpha value is -2.88. The second-order valence-corrected chi connectivity index (χ2v) is 7.43. The van der Waals surface area contributed by atoms with Gasteiger partial charge < -0.3 is 19.9 Å². The molecule has 0 saturated carbocycles. The minimum absolute atomic E-state index is 0.169. The standard InChI is InChI=1S/C19H21F3N6O/c1-27-7-3-4-12(9-27)24-18-16-17(28(2)10-23-16)15(25-26-18)13-6-5-11(8-14(13)29)19(20,21)22/h5-6,8,10,12,29H,3-4,7,9H2,1-2H3,(H,24,26). The number of nitrogens with zero attached hydrogens (tertiary/aromatic N) is 5. The van der Waals surface area contributed by atoms with Crippen LogP contribution in [0.15, 0.2) is 24.5 Å². The van der Waals surface area contributed by atoms with E-state index in [0.717, 1.165) is 32.0 Å². The van der Waals surface area contributed by atoms with E-state index in [-0.39, 0.29) is 17.3 Å². The van der Waals surface area contributed by atoms with E-state index < -0.39 is 17.5 Å². The SMILES string of the molecule is CN1CCCC(Nc2nnc(-c3ccc(C(F)(F)F)cc3O)c3c2ncn3C)C1. The Morgan fingerprint density at radius 1 is 1.21 bits per heavy atom. The minimum Gasteiger partial charge on any atom is -0.507 e. The Balaban J connectivity index is 1.75. The van der Waals surface area contributed by atoms with Gasteiger partial charge in [0.2, 0.25) is 0 Å². The van der Waals surface area contributed by atoms with Crippen LogP contribution in [0.4, 0.5) is 19.0 Å². The summed E-state index contributed by atoms with van der Waals surface area (Å²) in [6, 6.07) is 3.03. The Bertz CT molecular complexity index is 1050. The zero-order valence-electron chi connectivity index (χ0n) is 16.0. The summed E-state index contributed by atoms with van der Waals surface area (Å²) in [7, 11) is 3.83. The van der Waals surface area contributed by atoms with Gasteiger partial charge in [-0.3, -0.25) is 0 Å². The number of hydrogen-bond donors (Lipinski definition) is 2. The predicted molar refractivity (Wildman–Crippen MR) is 103 cm³/mol. The molecule has 0 radical (unpaired) electrons. The molecule has 1 saturated heterocycles. The summed E-state index contributed by atoms with van der Waals surface area (Å²) in [4.78, 5) is 6.63. The number of likely N-dealkylation sites (N-methyl/N-ethyl adjacent to an activating group) is 1. The summed E-state index contributed by atoms with van der Waals surface area (Å²) in [5.74, 6) is 0.0160. The van der Waals surface area contributed by atoms with Crippen molar-refractivity contribution >= 4 is 16.9 Å². The number of rotatable bonds is 3. The van der Waals surface area contributed by atoms with Crippen LogP contribution >= 0.6 is 0 Å². The van der Waals surface area contributed by atoms with E-state index in [1.807, 2.05) is 0 Å². The zero-order valence-corrected chi connectivity index (χ0v) is 16.0. The molecular weight excluding hydrogens is 385 g/mol. The number of hydrogen-bond acceptors (Lipinski definition) is 6. The number of aromatic nitrogens is 4. The van der Waals surface area contributed by atoms with Crippen molar-refractivity contribution in [1.29, 1.82) is 0 Å². The minimum atomic E-state index is -4.54. The molecule has 4 rings (SSSR count). The molecule has 1 aliphatic heterocycles. The first-order valence-corrected chi connectivity index (χ1v) is 9.27. The third-order valence-corrected chi connectivity index (χ3v) is 5.18. The lowest BCUT2D eigenvalue weighted by atomic mass is 10.1. The second-order valence-electron chi connectivity index (χ2n) is 7.43. The summed E-state index contributed by atoms with van der Waals surface area (Å²) >= 11 is 0. The van der Waals surface area contributed by atoms with Crippen LogP contribution in [0.2, 0.25) is 0 Å². The number of phenols is 1. The molecule has 1 aromatic carbocycles. The maximum atomic E-state index is 12.9. The maximum Gasteiger partial charge on any atom is 0.416 e. The molecule has 0 bridgehead atoms. The van der Waals surface area contributed by atoms with Crippen LogP contribution in [0.1, 0.15) is 18.4 Å². The Kier molecular flexibility index (Phi) is 4.81. The van der Waals surface area contributed by atoms with E-state index in [9.17, 15) is 18.3 Å². The number of likely N-dealkylation sites (tertiary alicyclic amines) is 1. The topological polar surface area (TPSA) is 79.1 Å². The molecule has 2 N–H and O–H groups in total. The molecule has 1 unspecified atom stereocenters. The maximum absolute atomic E-state index is 12.9. The Morgan fingerprint density at radius 3 is 2.69 bits per heavy atom. The molecule has 1 fully saturated rings. The Morgan fingerprint density at radius 2 is 2.00 bits per heavy atom. The highest BCUT2D eigenvalue weighted by Gasteiger charge is 2.31. The number of imidazole rings is 1. The average molecular weight is 406 g/mol. The van der Waals surface area contributed by atoms with Gasteiger partial charge in [0.15, 0.2) is 5.82 Å². The number of anilines is 1. The van der Waals surface area contributed by atoms with Crippen LogP contribution < -0.4 is 5.32 Å². The average Bonchev–Trinajstić information content (AvgIpc) is 3.04. The normalized spacial score (nSPS) is 18.3. The molecule has 3 heterocycles. The van der Waals surface area contributed by atoms with Gasteiger partial charge in [-0.15, -0.1) is 10.2 Å². The third kappa shape index (κ3) is 3.71. The molecule has 2 aromatic heterocycles. The number of aromatic hydroxyl groups is 1. The molecule has 3 aromatic rings. The predicted octanol–water partition coefficient (Wildman–Crippen LogP) is 3.26. The van der Waals surface area contributed by atoms with Crippen molar-refractivity contribution < 1.29 is 18.3 Å². The first-order valence-electron chi connectivity index (χ1n) is 9.27. The van der Waals surface area contributed by atoms with Crippen molar-refractivity contribution in [2.75, 3.05) is 25.5 Å². The van der Waals surface area contributed by atoms with E-state index in [2.05, 4.69) is 32.4 Å². The number of fused-ring (bicyclic) bond motifs is 1.